The van der Waals surface area contributed by atoms with Crippen LogP contribution in [0.1, 0.15) is 30.6 Å². The van der Waals surface area contributed by atoms with E-state index in [2.05, 4.69) is 17.3 Å². The lowest BCUT2D eigenvalue weighted by Crippen LogP contribution is -2.30. The highest BCUT2D eigenvalue weighted by Gasteiger charge is 2.15. The highest BCUT2D eigenvalue weighted by molar-refractivity contribution is 7.07. The van der Waals surface area contributed by atoms with Crippen LogP contribution in [0.15, 0.2) is 29.1 Å². The van der Waals surface area contributed by atoms with E-state index in [0.717, 1.165) is 17.7 Å². The molecule has 0 bridgehead atoms. The standard InChI is InChI=1S/C13H17N3OS/c1-3-11(12-4-6-14-16(12)2)15-13(17)8-10-5-7-18-9-10/h4-7,9,11H,3,8H2,1-2H3,(H,15,17)/t11-/m0/s1. The molecule has 2 rings (SSSR count). The first-order valence-corrected chi connectivity index (χ1v) is 6.93. The van der Waals surface area contributed by atoms with E-state index in [1.165, 1.54) is 0 Å². The first kappa shape index (κ1) is 12.8. The Hall–Kier alpha value is -1.62. The van der Waals surface area contributed by atoms with Gasteiger partial charge in [0.15, 0.2) is 0 Å². The summed E-state index contributed by atoms with van der Waals surface area (Å²) in [5.41, 5.74) is 2.11. The molecule has 0 saturated carbocycles. The third-order valence-corrected chi connectivity index (χ3v) is 3.64. The fourth-order valence-corrected chi connectivity index (χ4v) is 2.60. The summed E-state index contributed by atoms with van der Waals surface area (Å²) in [6.45, 7) is 2.06. The van der Waals surface area contributed by atoms with E-state index in [-0.39, 0.29) is 11.9 Å². The number of carbonyl (C=O) groups excluding carboxylic acids is 1. The Morgan fingerprint density at radius 2 is 2.39 bits per heavy atom. The minimum absolute atomic E-state index is 0.0311. The second kappa shape index (κ2) is 5.82. The van der Waals surface area contributed by atoms with Crippen molar-refractivity contribution in [3.63, 3.8) is 0 Å². The Kier molecular flexibility index (Phi) is 4.15. The molecule has 0 aliphatic rings. The monoisotopic (exact) mass is 263 g/mol. The molecule has 0 fully saturated rings. The predicted molar refractivity (Wildman–Crippen MR) is 72.4 cm³/mol. The first-order valence-electron chi connectivity index (χ1n) is 5.99. The van der Waals surface area contributed by atoms with Crippen LogP contribution in [-0.2, 0) is 18.3 Å². The molecule has 0 unspecified atom stereocenters. The van der Waals surface area contributed by atoms with Crippen molar-refractivity contribution < 1.29 is 4.79 Å². The van der Waals surface area contributed by atoms with Gasteiger partial charge in [-0.15, -0.1) is 0 Å². The molecule has 1 N–H and O–H groups in total. The van der Waals surface area contributed by atoms with Gasteiger partial charge in [0, 0.05) is 13.2 Å². The van der Waals surface area contributed by atoms with E-state index in [1.807, 2.05) is 29.9 Å². The third kappa shape index (κ3) is 2.98. The zero-order valence-electron chi connectivity index (χ0n) is 10.6. The molecule has 2 aromatic heterocycles. The largest absolute Gasteiger partial charge is 0.347 e. The van der Waals surface area contributed by atoms with Gasteiger partial charge in [-0.3, -0.25) is 9.48 Å². The molecule has 2 aromatic rings. The summed E-state index contributed by atoms with van der Waals surface area (Å²) in [5.74, 6) is 0.0569. The molecular weight excluding hydrogens is 246 g/mol. The second-order valence-corrected chi connectivity index (χ2v) is 5.00. The van der Waals surface area contributed by atoms with Crippen molar-refractivity contribution in [2.24, 2.45) is 7.05 Å². The second-order valence-electron chi connectivity index (χ2n) is 4.22. The molecule has 1 atom stereocenters. The van der Waals surface area contributed by atoms with Crippen molar-refractivity contribution in [3.05, 3.63) is 40.3 Å². The van der Waals surface area contributed by atoms with Crippen molar-refractivity contribution >= 4 is 17.2 Å². The predicted octanol–water partition coefficient (Wildman–Crippen LogP) is 2.29. The normalized spacial score (nSPS) is 12.3. The number of amides is 1. The van der Waals surface area contributed by atoms with Crippen molar-refractivity contribution in [1.82, 2.24) is 15.1 Å². The third-order valence-electron chi connectivity index (χ3n) is 2.90. The van der Waals surface area contributed by atoms with Crippen LogP contribution in [0.4, 0.5) is 0 Å². The summed E-state index contributed by atoms with van der Waals surface area (Å²) >= 11 is 1.61. The minimum atomic E-state index is 0.0311. The van der Waals surface area contributed by atoms with Crippen molar-refractivity contribution in [2.75, 3.05) is 0 Å². The fourth-order valence-electron chi connectivity index (χ4n) is 1.94. The van der Waals surface area contributed by atoms with Crippen molar-refractivity contribution in [3.8, 4) is 0 Å². The van der Waals surface area contributed by atoms with Crippen LogP contribution in [0.3, 0.4) is 0 Å². The van der Waals surface area contributed by atoms with Crippen LogP contribution in [0, 0.1) is 0 Å². The molecule has 18 heavy (non-hydrogen) atoms. The SMILES string of the molecule is CC[C@H](NC(=O)Cc1ccsc1)c1ccnn1C. The maximum Gasteiger partial charge on any atom is 0.224 e. The number of rotatable bonds is 5. The van der Waals surface area contributed by atoms with Gasteiger partial charge in [-0.2, -0.15) is 16.4 Å². The molecule has 1 amide bonds. The quantitative estimate of drug-likeness (QED) is 0.899. The van der Waals surface area contributed by atoms with Gasteiger partial charge >= 0.3 is 0 Å². The molecule has 0 saturated heterocycles. The van der Waals surface area contributed by atoms with Crippen molar-refractivity contribution in [1.29, 1.82) is 0 Å². The minimum Gasteiger partial charge on any atom is -0.347 e. The molecule has 0 aliphatic heterocycles. The Balaban J connectivity index is 1.98. The Bertz CT molecular complexity index is 504. The first-order chi connectivity index (χ1) is 8.70. The van der Waals surface area contributed by atoms with E-state index >= 15 is 0 Å². The van der Waals surface area contributed by atoms with E-state index in [0.29, 0.717) is 6.42 Å². The summed E-state index contributed by atoms with van der Waals surface area (Å²) in [6, 6.07) is 3.96. The van der Waals surface area contributed by atoms with Gasteiger partial charge in [-0.25, -0.2) is 0 Å². The molecule has 0 radical (unpaired) electrons. The number of aromatic nitrogens is 2. The lowest BCUT2D eigenvalue weighted by atomic mass is 10.1. The number of aryl methyl sites for hydroxylation is 1. The van der Waals surface area contributed by atoms with E-state index in [4.69, 9.17) is 0 Å². The molecule has 0 spiro atoms. The smallest absolute Gasteiger partial charge is 0.224 e. The topological polar surface area (TPSA) is 46.9 Å². The zero-order chi connectivity index (χ0) is 13.0. The lowest BCUT2D eigenvalue weighted by Gasteiger charge is -2.17. The molecule has 2 heterocycles. The van der Waals surface area contributed by atoms with Gasteiger partial charge in [-0.1, -0.05) is 6.92 Å². The number of nitrogens with zero attached hydrogens (tertiary/aromatic N) is 2. The van der Waals surface area contributed by atoms with Gasteiger partial charge in [-0.05, 0) is 34.9 Å². The van der Waals surface area contributed by atoms with Crippen LogP contribution >= 0.6 is 11.3 Å². The van der Waals surface area contributed by atoms with Gasteiger partial charge < -0.3 is 5.32 Å². The fraction of sp³-hybridized carbons (Fsp3) is 0.385. The summed E-state index contributed by atoms with van der Waals surface area (Å²) in [7, 11) is 1.89. The Labute approximate surface area is 111 Å². The summed E-state index contributed by atoms with van der Waals surface area (Å²) in [6.07, 6.45) is 3.05. The number of thiophene rings is 1. The summed E-state index contributed by atoms with van der Waals surface area (Å²) < 4.78 is 1.80. The molecule has 0 aliphatic carbocycles. The van der Waals surface area contributed by atoms with Crippen LogP contribution in [-0.4, -0.2) is 15.7 Å². The van der Waals surface area contributed by atoms with Gasteiger partial charge in [0.25, 0.3) is 0 Å². The molecule has 4 nitrogen and oxygen atoms in total. The highest BCUT2D eigenvalue weighted by atomic mass is 32.1. The summed E-state index contributed by atoms with van der Waals surface area (Å²) in [5, 5.41) is 11.2. The van der Waals surface area contributed by atoms with E-state index in [9.17, 15) is 4.79 Å². The van der Waals surface area contributed by atoms with Crippen LogP contribution in [0.25, 0.3) is 0 Å². The van der Waals surface area contributed by atoms with Crippen LogP contribution < -0.4 is 5.32 Å². The number of nitrogens with one attached hydrogen (secondary N) is 1. The van der Waals surface area contributed by atoms with Crippen LogP contribution in [0.5, 0.6) is 0 Å². The Morgan fingerprint density at radius 1 is 1.56 bits per heavy atom. The van der Waals surface area contributed by atoms with Gasteiger partial charge in [0.2, 0.25) is 5.91 Å². The summed E-state index contributed by atoms with van der Waals surface area (Å²) in [4.78, 5) is 12.0. The average Bonchev–Trinajstić information content (AvgIpc) is 2.98. The zero-order valence-corrected chi connectivity index (χ0v) is 11.4. The molecule has 5 heteroatoms. The number of carbonyl (C=O) groups is 1. The molecule has 0 aromatic carbocycles. The van der Waals surface area contributed by atoms with E-state index in [1.54, 1.807) is 22.2 Å². The molecule has 96 valence electrons. The number of hydrogen-bond donors (Lipinski definition) is 1. The molecular formula is C13H17N3OS. The highest BCUT2D eigenvalue weighted by Crippen LogP contribution is 2.15. The Morgan fingerprint density at radius 3 is 2.94 bits per heavy atom. The maximum absolute atomic E-state index is 12.0. The average molecular weight is 263 g/mol. The van der Waals surface area contributed by atoms with E-state index < -0.39 is 0 Å². The van der Waals surface area contributed by atoms with Crippen molar-refractivity contribution in [2.45, 2.75) is 25.8 Å². The van der Waals surface area contributed by atoms with Gasteiger partial charge in [0.1, 0.15) is 0 Å². The van der Waals surface area contributed by atoms with Gasteiger partial charge in [0.05, 0.1) is 18.2 Å². The number of hydrogen-bond acceptors (Lipinski definition) is 3. The maximum atomic E-state index is 12.0. The lowest BCUT2D eigenvalue weighted by molar-refractivity contribution is -0.121. The van der Waals surface area contributed by atoms with Crippen LogP contribution in [0.2, 0.25) is 0 Å².